The molecule has 3 nitrogen and oxygen atoms in total. The molecule has 5 heteroatoms. The summed E-state index contributed by atoms with van der Waals surface area (Å²) in [5.74, 6) is 1.39. The third kappa shape index (κ3) is 2.29. The highest BCUT2D eigenvalue weighted by atomic mass is 35.5. The number of hydrogen-bond donors (Lipinski definition) is 1. The van der Waals surface area contributed by atoms with Crippen molar-refractivity contribution < 1.29 is 4.79 Å². The molecule has 1 saturated carbocycles. The quantitative estimate of drug-likeness (QED) is 0.861. The average molecular weight is 287 g/mol. The number of nitrogens with zero attached hydrogens (tertiary/aromatic N) is 1. The standard InChI is InChI=1S/C13H18N2OS.ClH/c1-8-2-5-12(17-8)13(16)15-6-9-3-4-11(14)10(9)7-15;/h2,5,9-11H,3-4,6-7,14H2,1H3;1H. The van der Waals surface area contributed by atoms with E-state index in [2.05, 4.69) is 0 Å². The number of fused-ring (bicyclic) bond motifs is 1. The molecule has 2 heterocycles. The van der Waals surface area contributed by atoms with Crippen LogP contribution in [0, 0.1) is 18.8 Å². The van der Waals surface area contributed by atoms with Gasteiger partial charge in [-0.25, -0.2) is 0 Å². The second-order valence-corrected chi connectivity index (χ2v) is 6.57. The van der Waals surface area contributed by atoms with E-state index in [0.29, 0.717) is 17.9 Å². The molecule has 2 N–H and O–H groups in total. The smallest absolute Gasteiger partial charge is 0.263 e. The van der Waals surface area contributed by atoms with E-state index in [1.165, 1.54) is 11.3 Å². The highest BCUT2D eigenvalue weighted by molar-refractivity contribution is 7.13. The Balaban J connectivity index is 0.00000120. The molecule has 3 atom stereocenters. The molecule has 1 saturated heterocycles. The Labute approximate surface area is 118 Å². The van der Waals surface area contributed by atoms with E-state index in [0.717, 1.165) is 24.4 Å². The summed E-state index contributed by atoms with van der Waals surface area (Å²) < 4.78 is 0. The largest absolute Gasteiger partial charge is 0.337 e. The van der Waals surface area contributed by atoms with Crippen LogP contribution in [0.1, 0.15) is 27.4 Å². The lowest BCUT2D eigenvalue weighted by Gasteiger charge is -2.17. The number of likely N-dealkylation sites (tertiary alicyclic amines) is 1. The van der Waals surface area contributed by atoms with Crippen LogP contribution >= 0.6 is 23.7 Å². The zero-order chi connectivity index (χ0) is 12.0. The summed E-state index contributed by atoms with van der Waals surface area (Å²) in [4.78, 5) is 16.4. The summed E-state index contributed by atoms with van der Waals surface area (Å²) in [6, 6.07) is 4.26. The van der Waals surface area contributed by atoms with Crippen LogP contribution in [0.25, 0.3) is 0 Å². The lowest BCUT2D eigenvalue weighted by Crippen LogP contribution is -2.33. The predicted octanol–water partition coefficient (Wildman–Crippen LogP) is 2.29. The Morgan fingerprint density at radius 2 is 2.17 bits per heavy atom. The van der Waals surface area contributed by atoms with Crippen LogP contribution in [0.2, 0.25) is 0 Å². The van der Waals surface area contributed by atoms with E-state index in [9.17, 15) is 4.79 Å². The first-order valence-electron chi connectivity index (χ1n) is 6.26. The van der Waals surface area contributed by atoms with Gasteiger partial charge in [0.2, 0.25) is 0 Å². The minimum Gasteiger partial charge on any atom is -0.337 e. The van der Waals surface area contributed by atoms with Crippen LogP contribution in [-0.2, 0) is 0 Å². The van der Waals surface area contributed by atoms with E-state index >= 15 is 0 Å². The van der Waals surface area contributed by atoms with Gasteiger partial charge in [0.25, 0.3) is 5.91 Å². The van der Waals surface area contributed by atoms with Gasteiger partial charge in [0, 0.05) is 24.0 Å². The second-order valence-electron chi connectivity index (χ2n) is 5.29. The maximum Gasteiger partial charge on any atom is 0.263 e. The molecule has 1 aliphatic carbocycles. The molecule has 1 aliphatic heterocycles. The second kappa shape index (κ2) is 5.19. The number of carbonyl (C=O) groups is 1. The average Bonchev–Trinajstić information content (AvgIpc) is 2.96. The molecule has 0 spiro atoms. The van der Waals surface area contributed by atoms with Gasteiger partial charge in [0.1, 0.15) is 0 Å². The van der Waals surface area contributed by atoms with Crippen molar-refractivity contribution in [3.8, 4) is 0 Å². The van der Waals surface area contributed by atoms with Gasteiger partial charge >= 0.3 is 0 Å². The zero-order valence-electron chi connectivity index (χ0n) is 10.5. The van der Waals surface area contributed by atoms with Crippen molar-refractivity contribution in [1.29, 1.82) is 0 Å². The van der Waals surface area contributed by atoms with Crippen molar-refractivity contribution in [3.05, 3.63) is 21.9 Å². The van der Waals surface area contributed by atoms with Gasteiger partial charge in [-0.3, -0.25) is 4.79 Å². The molecule has 18 heavy (non-hydrogen) atoms. The zero-order valence-corrected chi connectivity index (χ0v) is 12.1. The van der Waals surface area contributed by atoms with Gasteiger partial charge < -0.3 is 10.6 Å². The van der Waals surface area contributed by atoms with Crippen LogP contribution in [0.5, 0.6) is 0 Å². The Kier molecular flexibility index (Phi) is 3.99. The first kappa shape index (κ1) is 13.8. The van der Waals surface area contributed by atoms with E-state index < -0.39 is 0 Å². The Hall–Kier alpha value is -0.580. The van der Waals surface area contributed by atoms with Crippen LogP contribution in [0.15, 0.2) is 12.1 Å². The Bertz CT molecular complexity index is 448. The molecular formula is C13H19ClN2OS. The molecule has 2 fully saturated rings. The fraction of sp³-hybridized carbons (Fsp3) is 0.615. The van der Waals surface area contributed by atoms with E-state index in [-0.39, 0.29) is 18.3 Å². The maximum absolute atomic E-state index is 12.3. The lowest BCUT2D eigenvalue weighted by molar-refractivity contribution is 0.0784. The summed E-state index contributed by atoms with van der Waals surface area (Å²) in [5.41, 5.74) is 6.09. The molecule has 3 rings (SSSR count). The molecule has 1 aromatic rings. The highest BCUT2D eigenvalue weighted by Gasteiger charge is 2.42. The number of nitrogens with two attached hydrogens (primary N) is 1. The number of halogens is 1. The lowest BCUT2D eigenvalue weighted by atomic mass is 9.98. The van der Waals surface area contributed by atoms with Gasteiger partial charge in [0.15, 0.2) is 0 Å². The predicted molar refractivity (Wildman–Crippen MR) is 76.4 cm³/mol. The summed E-state index contributed by atoms with van der Waals surface area (Å²) in [6.45, 7) is 3.81. The third-order valence-electron chi connectivity index (χ3n) is 4.15. The van der Waals surface area contributed by atoms with Crippen molar-refractivity contribution in [2.45, 2.75) is 25.8 Å². The van der Waals surface area contributed by atoms with Crippen LogP contribution in [0.3, 0.4) is 0 Å². The number of aryl methyl sites for hydroxylation is 1. The molecule has 1 aromatic heterocycles. The Morgan fingerprint density at radius 3 is 2.78 bits per heavy atom. The number of thiophene rings is 1. The van der Waals surface area contributed by atoms with Gasteiger partial charge in [-0.15, -0.1) is 23.7 Å². The SMILES string of the molecule is Cc1ccc(C(=O)N2CC3CCC(N)C3C2)s1.Cl. The van der Waals surface area contributed by atoms with Crippen molar-refractivity contribution in [2.75, 3.05) is 13.1 Å². The normalized spacial score (nSPS) is 30.1. The highest BCUT2D eigenvalue weighted by Crippen LogP contribution is 2.37. The first-order valence-corrected chi connectivity index (χ1v) is 7.08. The Morgan fingerprint density at radius 1 is 1.39 bits per heavy atom. The van der Waals surface area contributed by atoms with Gasteiger partial charge in [0.05, 0.1) is 4.88 Å². The molecular weight excluding hydrogens is 268 g/mol. The van der Waals surface area contributed by atoms with Gasteiger partial charge in [-0.05, 0) is 43.7 Å². The van der Waals surface area contributed by atoms with Crippen molar-refractivity contribution >= 4 is 29.7 Å². The van der Waals surface area contributed by atoms with Crippen LogP contribution < -0.4 is 5.73 Å². The van der Waals surface area contributed by atoms with Crippen molar-refractivity contribution in [2.24, 2.45) is 17.6 Å². The number of carbonyl (C=O) groups excluding carboxylic acids is 1. The number of amides is 1. The molecule has 3 unspecified atom stereocenters. The van der Waals surface area contributed by atoms with Crippen molar-refractivity contribution in [3.63, 3.8) is 0 Å². The fourth-order valence-electron chi connectivity index (χ4n) is 3.18. The van der Waals surface area contributed by atoms with Gasteiger partial charge in [-0.1, -0.05) is 0 Å². The summed E-state index contributed by atoms with van der Waals surface area (Å²) in [7, 11) is 0. The topological polar surface area (TPSA) is 46.3 Å². The molecule has 2 aliphatic rings. The molecule has 1 amide bonds. The monoisotopic (exact) mass is 286 g/mol. The number of rotatable bonds is 1. The first-order chi connectivity index (χ1) is 8.15. The minimum absolute atomic E-state index is 0. The van der Waals surface area contributed by atoms with E-state index in [1.807, 2.05) is 24.0 Å². The molecule has 0 radical (unpaired) electrons. The maximum atomic E-state index is 12.3. The van der Waals surface area contributed by atoms with E-state index in [1.54, 1.807) is 11.3 Å². The summed E-state index contributed by atoms with van der Waals surface area (Å²) in [5, 5.41) is 0. The fourth-order valence-corrected chi connectivity index (χ4v) is 4.01. The van der Waals surface area contributed by atoms with Crippen LogP contribution in [0.4, 0.5) is 0 Å². The van der Waals surface area contributed by atoms with Gasteiger partial charge in [-0.2, -0.15) is 0 Å². The molecule has 0 bridgehead atoms. The van der Waals surface area contributed by atoms with Crippen molar-refractivity contribution in [1.82, 2.24) is 4.90 Å². The summed E-state index contributed by atoms with van der Waals surface area (Å²) in [6.07, 6.45) is 2.33. The van der Waals surface area contributed by atoms with E-state index in [4.69, 9.17) is 5.73 Å². The molecule has 0 aromatic carbocycles. The summed E-state index contributed by atoms with van der Waals surface area (Å²) >= 11 is 1.59. The third-order valence-corrected chi connectivity index (χ3v) is 5.14. The minimum atomic E-state index is 0. The molecule has 100 valence electrons. The van der Waals surface area contributed by atoms with Crippen LogP contribution in [-0.4, -0.2) is 29.9 Å². The number of hydrogen-bond acceptors (Lipinski definition) is 3.